The molecular formula is C8H13F3N2O3. The number of alkyl halides is 3. The highest BCUT2D eigenvalue weighted by Crippen LogP contribution is 2.17. The highest BCUT2D eigenvalue weighted by molar-refractivity contribution is 5.75. The standard InChI is InChI=1S/C8H13F3N2O3/c1-5(6(14)15)4-13-7(16)12-3-2-8(9,10)11/h5H,2-4H2,1H3,(H,14,15)(H2,12,13,16). The molecule has 2 amide bonds. The van der Waals surface area contributed by atoms with E-state index in [1.807, 2.05) is 5.32 Å². The molecule has 0 rings (SSSR count). The molecule has 0 fully saturated rings. The van der Waals surface area contributed by atoms with Crippen LogP contribution in [0.15, 0.2) is 0 Å². The van der Waals surface area contributed by atoms with E-state index in [4.69, 9.17) is 5.11 Å². The maximum atomic E-state index is 11.7. The Bertz CT molecular complexity index is 255. The van der Waals surface area contributed by atoms with Crippen molar-refractivity contribution in [2.75, 3.05) is 13.1 Å². The van der Waals surface area contributed by atoms with Crippen LogP contribution in [0.3, 0.4) is 0 Å². The zero-order valence-corrected chi connectivity index (χ0v) is 8.60. The predicted molar refractivity (Wildman–Crippen MR) is 48.9 cm³/mol. The normalized spacial score (nSPS) is 13.0. The topological polar surface area (TPSA) is 78.4 Å². The van der Waals surface area contributed by atoms with E-state index in [1.165, 1.54) is 6.92 Å². The zero-order valence-electron chi connectivity index (χ0n) is 8.60. The van der Waals surface area contributed by atoms with Crippen LogP contribution >= 0.6 is 0 Å². The Morgan fingerprint density at radius 3 is 2.31 bits per heavy atom. The lowest BCUT2D eigenvalue weighted by Gasteiger charge is -2.10. The predicted octanol–water partition coefficient (Wildman–Crippen LogP) is 0.959. The van der Waals surface area contributed by atoms with Crippen molar-refractivity contribution in [1.82, 2.24) is 10.6 Å². The summed E-state index contributed by atoms with van der Waals surface area (Å²) in [5.74, 6) is -1.87. The molecular weight excluding hydrogens is 229 g/mol. The van der Waals surface area contributed by atoms with Crippen LogP contribution in [0.5, 0.6) is 0 Å². The van der Waals surface area contributed by atoms with Crippen molar-refractivity contribution in [1.29, 1.82) is 0 Å². The molecule has 3 N–H and O–H groups in total. The first-order valence-corrected chi connectivity index (χ1v) is 4.53. The molecule has 1 atom stereocenters. The molecule has 0 aromatic rings. The zero-order chi connectivity index (χ0) is 12.8. The lowest BCUT2D eigenvalue weighted by molar-refractivity contribution is -0.140. The van der Waals surface area contributed by atoms with E-state index in [-0.39, 0.29) is 6.54 Å². The van der Waals surface area contributed by atoms with Crippen LogP contribution in [-0.4, -0.2) is 36.4 Å². The molecule has 0 heterocycles. The fourth-order valence-corrected chi connectivity index (χ4v) is 0.713. The summed E-state index contributed by atoms with van der Waals surface area (Å²) >= 11 is 0. The van der Waals surface area contributed by atoms with Gasteiger partial charge in [0.2, 0.25) is 0 Å². The largest absolute Gasteiger partial charge is 0.481 e. The Balaban J connectivity index is 3.64. The average Bonchev–Trinajstić information content (AvgIpc) is 2.11. The first-order chi connectivity index (χ1) is 7.22. The van der Waals surface area contributed by atoms with E-state index in [9.17, 15) is 22.8 Å². The number of rotatable bonds is 5. The highest BCUT2D eigenvalue weighted by atomic mass is 19.4. The van der Waals surface area contributed by atoms with Gasteiger partial charge in [0, 0.05) is 13.1 Å². The molecule has 8 heteroatoms. The number of carbonyl (C=O) groups is 2. The van der Waals surface area contributed by atoms with Gasteiger partial charge in [0.1, 0.15) is 0 Å². The molecule has 16 heavy (non-hydrogen) atoms. The highest BCUT2D eigenvalue weighted by Gasteiger charge is 2.26. The van der Waals surface area contributed by atoms with Crippen molar-refractivity contribution in [3.63, 3.8) is 0 Å². The van der Waals surface area contributed by atoms with Gasteiger partial charge in [-0.25, -0.2) is 4.79 Å². The Morgan fingerprint density at radius 2 is 1.88 bits per heavy atom. The second-order valence-corrected chi connectivity index (χ2v) is 3.24. The number of carboxylic acid groups (broad SMARTS) is 1. The van der Waals surface area contributed by atoms with Crippen LogP contribution in [0.25, 0.3) is 0 Å². The van der Waals surface area contributed by atoms with Crippen molar-refractivity contribution in [3.8, 4) is 0 Å². The smallest absolute Gasteiger partial charge is 0.390 e. The molecule has 0 saturated heterocycles. The van der Waals surface area contributed by atoms with Crippen molar-refractivity contribution < 1.29 is 27.9 Å². The third kappa shape index (κ3) is 7.89. The van der Waals surface area contributed by atoms with Gasteiger partial charge in [-0.3, -0.25) is 4.79 Å². The maximum absolute atomic E-state index is 11.7. The minimum absolute atomic E-state index is 0.132. The summed E-state index contributed by atoms with van der Waals surface area (Å²) in [7, 11) is 0. The monoisotopic (exact) mass is 242 g/mol. The van der Waals surface area contributed by atoms with E-state index < -0.39 is 37.1 Å². The Morgan fingerprint density at radius 1 is 1.31 bits per heavy atom. The Kier molecular flexibility index (Phi) is 5.62. The third-order valence-corrected chi connectivity index (χ3v) is 1.68. The second-order valence-electron chi connectivity index (χ2n) is 3.24. The van der Waals surface area contributed by atoms with Gasteiger partial charge in [0.05, 0.1) is 12.3 Å². The molecule has 5 nitrogen and oxygen atoms in total. The average molecular weight is 242 g/mol. The van der Waals surface area contributed by atoms with Crippen molar-refractivity contribution in [2.45, 2.75) is 19.5 Å². The minimum atomic E-state index is -4.32. The minimum Gasteiger partial charge on any atom is -0.481 e. The van der Waals surface area contributed by atoms with E-state index in [0.29, 0.717) is 0 Å². The summed E-state index contributed by atoms with van der Waals surface area (Å²) in [5, 5.41) is 12.6. The SMILES string of the molecule is CC(CNC(=O)NCCC(F)(F)F)C(=O)O. The van der Waals surface area contributed by atoms with Crippen LogP contribution in [-0.2, 0) is 4.79 Å². The third-order valence-electron chi connectivity index (χ3n) is 1.68. The van der Waals surface area contributed by atoms with Crippen molar-refractivity contribution >= 4 is 12.0 Å². The van der Waals surface area contributed by atoms with Gasteiger partial charge in [0.15, 0.2) is 0 Å². The van der Waals surface area contributed by atoms with Crippen LogP contribution < -0.4 is 10.6 Å². The number of nitrogens with one attached hydrogen (secondary N) is 2. The van der Waals surface area contributed by atoms with Crippen LogP contribution in [0.2, 0.25) is 0 Å². The molecule has 0 saturated carbocycles. The quantitative estimate of drug-likeness (QED) is 0.671. The summed E-state index contributed by atoms with van der Waals surface area (Å²) in [6.45, 7) is 0.711. The first-order valence-electron chi connectivity index (χ1n) is 4.53. The van der Waals surface area contributed by atoms with E-state index in [1.54, 1.807) is 0 Å². The molecule has 0 radical (unpaired) electrons. The van der Waals surface area contributed by atoms with Gasteiger partial charge in [0.25, 0.3) is 0 Å². The van der Waals surface area contributed by atoms with E-state index >= 15 is 0 Å². The molecule has 0 aliphatic rings. The lowest BCUT2D eigenvalue weighted by Crippen LogP contribution is -2.40. The van der Waals surface area contributed by atoms with Gasteiger partial charge >= 0.3 is 18.2 Å². The first kappa shape index (κ1) is 14.5. The molecule has 94 valence electrons. The maximum Gasteiger partial charge on any atom is 0.390 e. The van der Waals surface area contributed by atoms with Gasteiger partial charge < -0.3 is 15.7 Å². The molecule has 0 aromatic carbocycles. The van der Waals surface area contributed by atoms with Crippen molar-refractivity contribution in [2.24, 2.45) is 5.92 Å². The van der Waals surface area contributed by atoms with Gasteiger partial charge in [-0.2, -0.15) is 13.2 Å². The van der Waals surface area contributed by atoms with Crippen LogP contribution in [0, 0.1) is 5.92 Å². The fourth-order valence-electron chi connectivity index (χ4n) is 0.713. The van der Waals surface area contributed by atoms with Crippen LogP contribution in [0.4, 0.5) is 18.0 Å². The van der Waals surface area contributed by atoms with Gasteiger partial charge in [-0.05, 0) is 0 Å². The number of carboxylic acids is 1. The summed E-state index contributed by atoms with van der Waals surface area (Å²) in [4.78, 5) is 21.2. The van der Waals surface area contributed by atoms with Gasteiger partial charge in [-0.1, -0.05) is 6.92 Å². The van der Waals surface area contributed by atoms with E-state index in [0.717, 1.165) is 0 Å². The van der Waals surface area contributed by atoms with E-state index in [2.05, 4.69) is 5.32 Å². The molecule has 0 aliphatic carbocycles. The molecule has 0 bridgehead atoms. The number of halogens is 3. The Hall–Kier alpha value is -1.47. The molecule has 0 spiro atoms. The Labute approximate surface area is 90.0 Å². The summed E-state index contributed by atoms with van der Waals surface area (Å²) in [6.07, 6.45) is -5.43. The number of carbonyl (C=O) groups excluding carboxylic acids is 1. The summed E-state index contributed by atoms with van der Waals surface area (Å²) in [6, 6.07) is -0.808. The number of hydrogen-bond acceptors (Lipinski definition) is 2. The number of aliphatic carboxylic acids is 1. The number of hydrogen-bond donors (Lipinski definition) is 3. The summed E-state index contributed by atoms with van der Waals surface area (Å²) < 4.78 is 35.0. The van der Waals surface area contributed by atoms with Gasteiger partial charge in [-0.15, -0.1) is 0 Å². The fraction of sp³-hybridized carbons (Fsp3) is 0.750. The molecule has 0 aromatic heterocycles. The number of urea groups is 1. The summed E-state index contributed by atoms with van der Waals surface area (Å²) in [5.41, 5.74) is 0. The number of amides is 2. The second kappa shape index (κ2) is 6.19. The van der Waals surface area contributed by atoms with Crippen LogP contribution in [0.1, 0.15) is 13.3 Å². The van der Waals surface area contributed by atoms with Crippen molar-refractivity contribution in [3.05, 3.63) is 0 Å². The molecule has 1 unspecified atom stereocenters. The molecule has 0 aliphatic heterocycles. The lowest BCUT2D eigenvalue weighted by atomic mass is 10.2.